The number of hydrogen-bond donors (Lipinski definition) is 1. The molecule has 1 aliphatic heterocycles. The molecule has 0 saturated carbocycles. The number of carbonyl (C=O) groups is 1. The summed E-state index contributed by atoms with van der Waals surface area (Å²) < 4.78 is 16.5. The molecule has 1 heterocycles. The van der Waals surface area contributed by atoms with E-state index in [1.54, 1.807) is 20.8 Å². The second-order valence-corrected chi connectivity index (χ2v) is 6.66. The predicted molar refractivity (Wildman–Crippen MR) is 85.5 cm³/mol. The molecule has 1 saturated heterocycles. The van der Waals surface area contributed by atoms with E-state index in [-0.39, 0.29) is 12.6 Å². The van der Waals surface area contributed by atoms with Crippen LogP contribution in [0.15, 0.2) is 42.5 Å². The first-order valence-corrected chi connectivity index (χ1v) is 7.64. The third-order valence-electron chi connectivity index (χ3n) is 3.58. The summed E-state index contributed by atoms with van der Waals surface area (Å²) in [7, 11) is 0. The fraction of sp³-hybridized carbons (Fsp3) is 0.500. The van der Waals surface area contributed by atoms with Crippen LogP contribution in [0.3, 0.4) is 0 Å². The van der Waals surface area contributed by atoms with E-state index in [1.807, 2.05) is 30.3 Å². The Morgan fingerprint density at radius 2 is 1.96 bits per heavy atom. The summed E-state index contributed by atoms with van der Waals surface area (Å²) in [5.74, 6) is -0.322. The van der Waals surface area contributed by atoms with E-state index in [4.69, 9.17) is 14.2 Å². The van der Waals surface area contributed by atoms with Crippen molar-refractivity contribution in [2.24, 2.45) is 5.41 Å². The molecular weight excluding hydrogens is 296 g/mol. The lowest BCUT2D eigenvalue weighted by Crippen LogP contribution is -2.28. The molecule has 1 aromatic rings. The van der Waals surface area contributed by atoms with Gasteiger partial charge in [0.05, 0.1) is 12.0 Å². The molecule has 0 bridgehead atoms. The molecule has 0 aliphatic carbocycles. The summed E-state index contributed by atoms with van der Waals surface area (Å²) >= 11 is 0. The molecule has 1 aromatic carbocycles. The number of esters is 1. The van der Waals surface area contributed by atoms with E-state index in [0.717, 1.165) is 5.56 Å². The van der Waals surface area contributed by atoms with Crippen LogP contribution in [0.5, 0.6) is 0 Å². The van der Waals surface area contributed by atoms with Crippen molar-refractivity contribution in [3.8, 4) is 0 Å². The molecule has 3 atom stereocenters. The highest BCUT2D eigenvalue weighted by Crippen LogP contribution is 2.27. The van der Waals surface area contributed by atoms with Gasteiger partial charge in [0.2, 0.25) is 0 Å². The Morgan fingerprint density at radius 1 is 1.30 bits per heavy atom. The first-order valence-electron chi connectivity index (χ1n) is 7.64. The maximum absolute atomic E-state index is 11.8. The monoisotopic (exact) mass is 320 g/mol. The average Bonchev–Trinajstić information content (AvgIpc) is 2.78. The largest absolute Gasteiger partial charge is 0.462 e. The van der Waals surface area contributed by atoms with E-state index >= 15 is 0 Å². The quantitative estimate of drug-likeness (QED) is 0.667. The normalized spacial score (nSPS) is 24.7. The van der Waals surface area contributed by atoms with Gasteiger partial charge in [0, 0.05) is 0 Å². The third-order valence-corrected chi connectivity index (χ3v) is 3.58. The van der Waals surface area contributed by atoms with Gasteiger partial charge in [-0.3, -0.25) is 4.79 Å². The number of carbonyl (C=O) groups excluding carboxylic acids is 1. The Balaban J connectivity index is 1.86. The summed E-state index contributed by atoms with van der Waals surface area (Å²) in [5.41, 5.74) is 0.864. The van der Waals surface area contributed by atoms with E-state index in [0.29, 0.717) is 12.2 Å². The highest BCUT2D eigenvalue weighted by molar-refractivity contribution is 5.75. The Bertz CT molecular complexity index is 546. The van der Waals surface area contributed by atoms with Crippen molar-refractivity contribution in [1.29, 1.82) is 0 Å². The van der Waals surface area contributed by atoms with E-state index < -0.39 is 23.9 Å². The van der Waals surface area contributed by atoms with Crippen LogP contribution in [-0.4, -0.2) is 36.2 Å². The van der Waals surface area contributed by atoms with Crippen molar-refractivity contribution < 1.29 is 24.1 Å². The van der Waals surface area contributed by atoms with Crippen LogP contribution >= 0.6 is 0 Å². The minimum Gasteiger partial charge on any atom is -0.462 e. The van der Waals surface area contributed by atoms with Crippen LogP contribution in [0.4, 0.5) is 0 Å². The second kappa shape index (κ2) is 7.25. The second-order valence-electron chi connectivity index (χ2n) is 6.66. The van der Waals surface area contributed by atoms with Gasteiger partial charge < -0.3 is 19.3 Å². The fourth-order valence-electron chi connectivity index (χ4n) is 2.09. The van der Waals surface area contributed by atoms with Crippen molar-refractivity contribution in [2.45, 2.75) is 45.9 Å². The lowest BCUT2D eigenvalue weighted by molar-refractivity contribution is -0.182. The Kier molecular flexibility index (Phi) is 5.57. The number of aliphatic hydroxyl groups excluding tert-OH is 1. The van der Waals surface area contributed by atoms with Gasteiger partial charge in [-0.25, -0.2) is 0 Å². The highest BCUT2D eigenvalue weighted by Gasteiger charge is 2.39. The number of rotatable bonds is 5. The van der Waals surface area contributed by atoms with Crippen molar-refractivity contribution in [3.05, 3.63) is 48.0 Å². The number of benzene rings is 1. The van der Waals surface area contributed by atoms with Gasteiger partial charge >= 0.3 is 5.97 Å². The molecule has 23 heavy (non-hydrogen) atoms. The molecule has 1 fully saturated rings. The molecule has 5 nitrogen and oxygen atoms in total. The summed E-state index contributed by atoms with van der Waals surface area (Å²) in [6, 6.07) is 9.61. The molecule has 0 aromatic heterocycles. The zero-order valence-electron chi connectivity index (χ0n) is 13.8. The summed E-state index contributed by atoms with van der Waals surface area (Å²) in [5, 5.41) is 10.1. The Labute approximate surface area is 136 Å². The molecule has 0 unspecified atom stereocenters. The average molecular weight is 320 g/mol. The molecule has 0 spiro atoms. The van der Waals surface area contributed by atoms with Crippen molar-refractivity contribution in [3.63, 3.8) is 0 Å². The molecule has 5 heteroatoms. The highest BCUT2D eigenvalue weighted by atomic mass is 16.7. The smallest absolute Gasteiger partial charge is 0.311 e. The van der Waals surface area contributed by atoms with Gasteiger partial charge in [0.1, 0.15) is 18.8 Å². The molecule has 0 amide bonds. The first-order chi connectivity index (χ1) is 10.8. The molecule has 126 valence electrons. The minimum absolute atomic E-state index is 0.0250. The molecule has 2 rings (SSSR count). The number of hydrogen-bond acceptors (Lipinski definition) is 5. The first kappa shape index (κ1) is 17.7. The zero-order chi connectivity index (χ0) is 17.0. The minimum atomic E-state index is -0.933. The Hall–Kier alpha value is -1.69. The van der Waals surface area contributed by atoms with E-state index in [1.165, 1.54) is 0 Å². The third kappa shape index (κ3) is 4.64. The maximum atomic E-state index is 11.8. The lowest BCUT2D eigenvalue weighted by atomic mass is 9.97. The van der Waals surface area contributed by atoms with Crippen LogP contribution in [0.1, 0.15) is 26.3 Å². The van der Waals surface area contributed by atoms with Gasteiger partial charge in [-0.05, 0) is 31.9 Å². The number of aliphatic hydroxyl groups is 1. The standard InChI is InChI=1S/C18H24O5/c1-12-14(11-22-17(20)18(2,3)4)23-16(15(12)19)21-10-13-8-6-5-7-9-13/h5-9,14-16,19H,1,10-11H2,2-4H3/t14-,15-,16+/m1/s1. The molecular formula is C18H24O5. The van der Waals surface area contributed by atoms with Crippen LogP contribution in [0.25, 0.3) is 0 Å². The molecule has 0 radical (unpaired) electrons. The van der Waals surface area contributed by atoms with Crippen molar-refractivity contribution >= 4 is 5.97 Å². The van der Waals surface area contributed by atoms with Crippen LogP contribution in [0, 0.1) is 5.41 Å². The fourth-order valence-corrected chi connectivity index (χ4v) is 2.09. The molecule has 1 aliphatic rings. The zero-order valence-corrected chi connectivity index (χ0v) is 13.8. The predicted octanol–water partition coefficient (Wildman–Crippen LogP) is 2.43. The molecule has 1 N–H and O–H groups in total. The van der Waals surface area contributed by atoms with Crippen LogP contribution in [0.2, 0.25) is 0 Å². The lowest BCUT2D eigenvalue weighted by Gasteiger charge is -2.19. The Morgan fingerprint density at radius 3 is 2.57 bits per heavy atom. The maximum Gasteiger partial charge on any atom is 0.311 e. The van der Waals surface area contributed by atoms with Gasteiger partial charge in [-0.15, -0.1) is 0 Å². The van der Waals surface area contributed by atoms with Crippen molar-refractivity contribution in [2.75, 3.05) is 6.61 Å². The van der Waals surface area contributed by atoms with Gasteiger partial charge in [-0.1, -0.05) is 36.9 Å². The van der Waals surface area contributed by atoms with Crippen LogP contribution in [-0.2, 0) is 25.6 Å². The van der Waals surface area contributed by atoms with Crippen molar-refractivity contribution in [1.82, 2.24) is 0 Å². The van der Waals surface area contributed by atoms with Gasteiger partial charge in [0.15, 0.2) is 6.29 Å². The van der Waals surface area contributed by atoms with E-state index in [2.05, 4.69) is 6.58 Å². The summed E-state index contributed by atoms with van der Waals surface area (Å²) in [6.07, 6.45) is -2.30. The summed E-state index contributed by atoms with van der Waals surface area (Å²) in [4.78, 5) is 11.8. The van der Waals surface area contributed by atoms with Gasteiger partial charge in [-0.2, -0.15) is 0 Å². The van der Waals surface area contributed by atoms with Gasteiger partial charge in [0.25, 0.3) is 0 Å². The SMILES string of the molecule is C=C1[C@@H](O)[C@@H](OCc2ccccc2)O[C@@H]1COC(=O)C(C)(C)C. The summed E-state index contributed by atoms with van der Waals surface area (Å²) in [6.45, 7) is 9.50. The topological polar surface area (TPSA) is 65.0 Å². The van der Waals surface area contributed by atoms with Crippen LogP contribution < -0.4 is 0 Å². The number of ether oxygens (including phenoxy) is 3. The van der Waals surface area contributed by atoms with E-state index in [9.17, 15) is 9.90 Å².